The fraction of sp³-hybridized carbons (Fsp3) is 0.333. The maximum atomic E-state index is 11.7. The van der Waals surface area contributed by atoms with Crippen molar-refractivity contribution >= 4 is 23.7 Å². The minimum absolute atomic E-state index is 0.0560. The number of aliphatic carboxylic acids is 2. The molecule has 1 saturated carbocycles. The molecule has 0 aromatic heterocycles. The molecular formula is C15H15N3O6. The van der Waals surface area contributed by atoms with E-state index in [-0.39, 0.29) is 12.2 Å². The van der Waals surface area contributed by atoms with Crippen molar-refractivity contribution in [3.05, 3.63) is 29.3 Å². The summed E-state index contributed by atoms with van der Waals surface area (Å²) >= 11 is 0. The number of nitrogens with zero attached hydrogens (tertiary/aromatic N) is 1. The predicted octanol–water partition coefficient (Wildman–Crippen LogP) is 0.403. The molecule has 0 radical (unpaired) electrons. The van der Waals surface area contributed by atoms with Crippen LogP contribution in [0.5, 0.6) is 5.75 Å². The molecule has 1 aromatic carbocycles. The van der Waals surface area contributed by atoms with E-state index in [2.05, 4.69) is 10.5 Å². The fourth-order valence-corrected chi connectivity index (χ4v) is 3.85. The van der Waals surface area contributed by atoms with Crippen LogP contribution in [0.3, 0.4) is 0 Å². The number of nitrogens with two attached hydrogens (primary N) is 1. The number of primary amides is 1. The molecule has 6 N–H and O–H groups in total. The largest absolute Gasteiger partial charge is 0.508 e. The highest BCUT2D eigenvalue weighted by Crippen LogP contribution is 2.55. The van der Waals surface area contributed by atoms with Crippen molar-refractivity contribution in [2.24, 2.45) is 22.7 Å². The van der Waals surface area contributed by atoms with Gasteiger partial charge in [-0.3, -0.25) is 9.59 Å². The molecule has 2 amide bonds. The van der Waals surface area contributed by atoms with E-state index in [1.54, 1.807) is 6.07 Å². The van der Waals surface area contributed by atoms with Crippen LogP contribution >= 0.6 is 0 Å². The number of carbonyl (C=O) groups is 3. The Morgan fingerprint density at radius 2 is 1.79 bits per heavy atom. The van der Waals surface area contributed by atoms with Crippen LogP contribution in [0.25, 0.3) is 0 Å². The Labute approximate surface area is 135 Å². The lowest BCUT2D eigenvalue weighted by Crippen LogP contribution is -2.50. The number of hydrogen-bond acceptors (Lipinski definition) is 5. The number of fused-ring (bicyclic) bond motifs is 2. The van der Waals surface area contributed by atoms with Crippen LogP contribution in [-0.4, -0.2) is 39.0 Å². The van der Waals surface area contributed by atoms with Gasteiger partial charge in [0, 0.05) is 17.5 Å². The molecule has 2 bridgehead atoms. The van der Waals surface area contributed by atoms with Crippen LogP contribution in [0.2, 0.25) is 0 Å². The van der Waals surface area contributed by atoms with Gasteiger partial charge < -0.3 is 21.1 Å². The van der Waals surface area contributed by atoms with Crippen LogP contribution in [0, 0.1) is 11.8 Å². The van der Waals surface area contributed by atoms with Crippen molar-refractivity contribution in [1.29, 1.82) is 0 Å². The first kappa shape index (κ1) is 15.8. The van der Waals surface area contributed by atoms with Gasteiger partial charge in [-0.2, -0.15) is 5.10 Å². The molecule has 0 aliphatic heterocycles. The Hall–Kier alpha value is -3.10. The lowest BCUT2D eigenvalue weighted by atomic mass is 9.55. The molecule has 4 atom stereocenters. The number of benzene rings is 1. The van der Waals surface area contributed by atoms with Gasteiger partial charge in [-0.15, -0.1) is 0 Å². The van der Waals surface area contributed by atoms with E-state index in [4.69, 9.17) is 5.73 Å². The quantitative estimate of drug-likeness (QED) is 0.503. The normalized spacial score (nSPS) is 29.1. The summed E-state index contributed by atoms with van der Waals surface area (Å²) in [7, 11) is 0. The molecule has 3 aliphatic carbocycles. The molecule has 1 fully saturated rings. The molecule has 24 heavy (non-hydrogen) atoms. The van der Waals surface area contributed by atoms with Crippen LogP contribution in [-0.2, 0) is 9.59 Å². The highest BCUT2D eigenvalue weighted by Gasteiger charge is 2.56. The number of phenols is 1. The highest BCUT2D eigenvalue weighted by atomic mass is 16.4. The molecule has 1 aromatic rings. The molecule has 0 spiro atoms. The number of carbonyl (C=O) groups excluding carboxylic acids is 1. The third kappa shape index (κ3) is 2.34. The van der Waals surface area contributed by atoms with Crippen molar-refractivity contribution < 1.29 is 29.7 Å². The Kier molecular flexibility index (Phi) is 3.63. The second-order valence-corrected chi connectivity index (χ2v) is 5.91. The van der Waals surface area contributed by atoms with Gasteiger partial charge in [0.1, 0.15) is 5.75 Å². The van der Waals surface area contributed by atoms with E-state index < -0.39 is 41.6 Å². The summed E-state index contributed by atoms with van der Waals surface area (Å²) in [5, 5.41) is 32.7. The van der Waals surface area contributed by atoms with Gasteiger partial charge in [0.05, 0.1) is 11.8 Å². The molecule has 4 rings (SSSR count). The van der Waals surface area contributed by atoms with Crippen LogP contribution < -0.4 is 11.2 Å². The second-order valence-electron chi connectivity index (χ2n) is 5.91. The van der Waals surface area contributed by atoms with E-state index >= 15 is 0 Å². The van der Waals surface area contributed by atoms with Crippen molar-refractivity contribution in [3.63, 3.8) is 0 Å². The SMILES string of the molecule is NC(=O)NN=C1CC2c3ccc(O)cc3C1C(C(=O)O)C2C(=O)O. The van der Waals surface area contributed by atoms with Gasteiger partial charge in [-0.25, -0.2) is 10.2 Å². The summed E-state index contributed by atoms with van der Waals surface area (Å²) in [6.07, 6.45) is 0.198. The smallest absolute Gasteiger partial charge is 0.332 e. The van der Waals surface area contributed by atoms with Gasteiger partial charge in [-0.05, 0) is 29.7 Å². The number of hydrazone groups is 1. The van der Waals surface area contributed by atoms with Crippen molar-refractivity contribution in [2.75, 3.05) is 0 Å². The summed E-state index contributed by atoms with van der Waals surface area (Å²) in [5.41, 5.74) is 8.59. The van der Waals surface area contributed by atoms with Crippen molar-refractivity contribution in [1.82, 2.24) is 5.43 Å². The molecule has 4 unspecified atom stereocenters. The van der Waals surface area contributed by atoms with Crippen molar-refractivity contribution in [2.45, 2.75) is 18.3 Å². The Morgan fingerprint density at radius 3 is 2.38 bits per heavy atom. The maximum Gasteiger partial charge on any atom is 0.332 e. The number of rotatable bonds is 3. The van der Waals surface area contributed by atoms with E-state index in [1.807, 2.05) is 0 Å². The molecular weight excluding hydrogens is 318 g/mol. The van der Waals surface area contributed by atoms with Gasteiger partial charge in [-0.1, -0.05) is 6.07 Å². The van der Waals surface area contributed by atoms with Gasteiger partial charge in [0.2, 0.25) is 0 Å². The van der Waals surface area contributed by atoms with Gasteiger partial charge >= 0.3 is 18.0 Å². The maximum absolute atomic E-state index is 11.7. The van der Waals surface area contributed by atoms with Crippen molar-refractivity contribution in [3.8, 4) is 5.75 Å². The number of hydrogen-bond donors (Lipinski definition) is 5. The first-order valence-corrected chi connectivity index (χ1v) is 7.21. The second kappa shape index (κ2) is 5.52. The average Bonchev–Trinajstić information content (AvgIpc) is 2.51. The van der Waals surface area contributed by atoms with Crippen LogP contribution in [0.4, 0.5) is 4.79 Å². The molecule has 126 valence electrons. The minimum atomic E-state index is -1.27. The molecule has 9 nitrogen and oxygen atoms in total. The first-order chi connectivity index (χ1) is 11.3. The number of urea groups is 1. The molecule has 3 aliphatic rings. The summed E-state index contributed by atoms with van der Waals surface area (Å²) < 4.78 is 0. The monoisotopic (exact) mass is 333 g/mol. The zero-order valence-corrected chi connectivity index (χ0v) is 12.3. The third-order valence-corrected chi connectivity index (χ3v) is 4.65. The lowest BCUT2D eigenvalue weighted by Gasteiger charge is -2.46. The number of carboxylic acid groups (broad SMARTS) is 2. The summed E-state index contributed by atoms with van der Waals surface area (Å²) in [6.45, 7) is 0. The molecule has 0 saturated heterocycles. The standard InChI is InChI=1S/C15H15N3O6/c16-15(24)18-17-9-4-8-6-2-1-5(19)3-7(6)10(9)12(14(22)23)11(8)13(20)21/h1-3,8,10-12,19H,4H2,(H,20,21)(H,22,23)(H3,16,18,24). The lowest BCUT2D eigenvalue weighted by molar-refractivity contribution is -0.156. The Balaban J connectivity index is 2.19. The number of phenolic OH excluding ortho intramolecular Hbond substituents is 1. The third-order valence-electron chi connectivity index (χ3n) is 4.65. The summed E-state index contributed by atoms with van der Waals surface area (Å²) in [4.78, 5) is 34.3. The van der Waals surface area contributed by atoms with Gasteiger partial charge in [0.15, 0.2) is 0 Å². The minimum Gasteiger partial charge on any atom is -0.508 e. The topological polar surface area (TPSA) is 162 Å². The fourth-order valence-electron chi connectivity index (χ4n) is 3.85. The number of amides is 2. The number of carboxylic acids is 2. The van der Waals surface area contributed by atoms with E-state index in [9.17, 15) is 29.7 Å². The Bertz CT molecular complexity index is 774. The molecule has 0 heterocycles. The van der Waals surface area contributed by atoms with Crippen LogP contribution in [0.15, 0.2) is 23.3 Å². The highest BCUT2D eigenvalue weighted by molar-refractivity contribution is 6.01. The van der Waals surface area contributed by atoms with E-state index in [1.165, 1.54) is 12.1 Å². The molecule has 9 heteroatoms. The zero-order chi connectivity index (χ0) is 17.6. The van der Waals surface area contributed by atoms with E-state index in [0.717, 1.165) is 0 Å². The van der Waals surface area contributed by atoms with E-state index in [0.29, 0.717) is 16.8 Å². The summed E-state index contributed by atoms with van der Waals surface area (Å²) in [6, 6.07) is 3.56. The van der Waals surface area contributed by atoms with Crippen LogP contribution in [0.1, 0.15) is 29.4 Å². The van der Waals surface area contributed by atoms with Gasteiger partial charge in [0.25, 0.3) is 0 Å². The first-order valence-electron chi connectivity index (χ1n) is 7.21. The summed E-state index contributed by atoms with van der Waals surface area (Å²) in [5.74, 6) is -6.35. The number of aromatic hydroxyl groups is 1. The average molecular weight is 333 g/mol. The Morgan fingerprint density at radius 1 is 1.12 bits per heavy atom. The zero-order valence-electron chi connectivity index (χ0n) is 12.3. The number of nitrogens with one attached hydrogen (secondary N) is 1. The predicted molar refractivity (Wildman–Crippen MR) is 80.6 cm³/mol.